The highest BCUT2D eigenvalue weighted by molar-refractivity contribution is 7.91. The van der Waals surface area contributed by atoms with Gasteiger partial charge in [0.1, 0.15) is 29.1 Å². The van der Waals surface area contributed by atoms with Gasteiger partial charge < -0.3 is 30.1 Å². The number of nitrogens with one attached hydrogen (secondary N) is 4. The van der Waals surface area contributed by atoms with E-state index in [4.69, 9.17) is 9.57 Å². The predicted octanol–water partition coefficient (Wildman–Crippen LogP) is 4.00. The number of amides is 4. The summed E-state index contributed by atoms with van der Waals surface area (Å²) in [6.07, 6.45) is 6.25. The third-order valence-corrected chi connectivity index (χ3v) is 14.9. The minimum Gasteiger partial charge on any atom is -0.467 e. The van der Waals surface area contributed by atoms with Crippen molar-refractivity contribution in [1.29, 1.82) is 0 Å². The maximum absolute atomic E-state index is 14.6. The summed E-state index contributed by atoms with van der Waals surface area (Å²) in [6, 6.07) is 13.5. The SMILES string of the molecule is C=C[C@@H]1C[C@]1(NC(=O)[C@@H]1C[C@@H](ON=c2c3ccccc3n(C)c3ccccc23)C[C@H]1C(=O)N[C@@H](C(=O)N[C@@H](C(=O)OC)C1CCCCC1)C(C)(C)C)C(=O)NS(=O)(=O)C1CC1. The molecule has 0 unspecified atom stereocenters. The highest BCUT2D eigenvalue weighted by atomic mass is 32.2. The molecule has 2 aromatic carbocycles. The average molecular weight is 859 g/mol. The standard InChI is InChI=1S/C45H58N6O9S/c1-7-27-25-45(27,43(56)50-61(57,58)29-21-22-29)48-40(53)33-24-28(60-49-37-30-17-11-13-19-34(30)51(5)35-20-14-12-18-31(35)37)23-32(33)39(52)47-38(44(2,3)4)41(54)46-36(42(55)59-6)26-15-9-8-10-16-26/h7,11-14,17-20,26-29,32-33,36,38H,1,8-10,15-16,21-25H2,2-6H3,(H,46,54)(H,47,52)(H,48,53)(H,50,56)/t27-,28+,32-,33-,36-,38+,45-/m1/s1. The van der Waals surface area contributed by atoms with Gasteiger partial charge in [0, 0.05) is 23.7 Å². The maximum atomic E-state index is 14.6. The van der Waals surface area contributed by atoms with Crippen LogP contribution in [0.4, 0.5) is 0 Å². The molecule has 7 rings (SSSR count). The van der Waals surface area contributed by atoms with E-state index in [1.54, 1.807) is 20.8 Å². The first-order valence-electron chi connectivity index (χ1n) is 21.3. The Balaban J connectivity index is 1.18. The van der Waals surface area contributed by atoms with Crippen molar-refractivity contribution in [2.24, 2.45) is 41.3 Å². The number of carbonyl (C=O) groups excluding carboxylic acids is 5. The van der Waals surface area contributed by atoms with Crippen LogP contribution in [0.15, 0.2) is 66.3 Å². The predicted molar refractivity (Wildman–Crippen MR) is 228 cm³/mol. The van der Waals surface area contributed by atoms with Gasteiger partial charge >= 0.3 is 5.97 Å². The summed E-state index contributed by atoms with van der Waals surface area (Å²) in [5, 5.41) is 14.9. The fourth-order valence-corrected chi connectivity index (χ4v) is 10.6. The number of sulfonamides is 1. The van der Waals surface area contributed by atoms with Gasteiger partial charge in [-0.1, -0.05) is 87.7 Å². The summed E-state index contributed by atoms with van der Waals surface area (Å²) >= 11 is 0. The van der Waals surface area contributed by atoms with Gasteiger partial charge in [0.05, 0.1) is 35.2 Å². The molecule has 3 aromatic rings. The first kappa shape index (κ1) is 43.8. The molecule has 0 bridgehead atoms. The van der Waals surface area contributed by atoms with Crippen LogP contribution in [-0.4, -0.2) is 78.7 Å². The summed E-state index contributed by atoms with van der Waals surface area (Å²) in [5.41, 5.74) is -0.566. The number of methoxy groups -OCH3 is 1. The van der Waals surface area contributed by atoms with E-state index in [-0.39, 0.29) is 25.2 Å². The molecule has 4 amide bonds. The van der Waals surface area contributed by atoms with Crippen LogP contribution < -0.4 is 26.0 Å². The van der Waals surface area contributed by atoms with E-state index in [1.807, 2.05) is 55.6 Å². The Morgan fingerprint density at radius 1 is 0.885 bits per heavy atom. The molecule has 1 heterocycles. The third-order valence-electron chi connectivity index (χ3n) is 13.1. The van der Waals surface area contributed by atoms with Crippen LogP contribution >= 0.6 is 0 Å². The lowest BCUT2D eigenvalue weighted by Crippen LogP contribution is -2.59. The van der Waals surface area contributed by atoms with Gasteiger partial charge in [0.2, 0.25) is 27.7 Å². The molecule has 4 N–H and O–H groups in total. The fourth-order valence-electron chi connectivity index (χ4n) is 9.24. The van der Waals surface area contributed by atoms with Crippen LogP contribution in [0, 0.1) is 29.1 Å². The molecule has 4 aliphatic rings. The average Bonchev–Trinajstić information content (AvgIpc) is 4.18. The smallest absolute Gasteiger partial charge is 0.328 e. The van der Waals surface area contributed by atoms with Crippen molar-refractivity contribution >= 4 is 61.4 Å². The van der Waals surface area contributed by atoms with Gasteiger partial charge in [-0.25, -0.2) is 13.2 Å². The summed E-state index contributed by atoms with van der Waals surface area (Å²) in [6.45, 7) is 9.19. The highest BCUT2D eigenvalue weighted by Gasteiger charge is 2.62. The molecule has 15 nitrogen and oxygen atoms in total. The van der Waals surface area contributed by atoms with E-state index in [9.17, 15) is 32.4 Å². The van der Waals surface area contributed by atoms with Crippen LogP contribution in [0.1, 0.15) is 85.0 Å². The number of pyridine rings is 1. The van der Waals surface area contributed by atoms with Gasteiger partial charge in [-0.05, 0) is 68.4 Å². The lowest BCUT2D eigenvalue weighted by atomic mass is 9.82. The molecular formula is C45H58N6O9S. The Bertz CT molecular complexity index is 2360. The van der Waals surface area contributed by atoms with Crippen LogP contribution in [0.3, 0.4) is 0 Å². The molecule has 61 heavy (non-hydrogen) atoms. The summed E-state index contributed by atoms with van der Waals surface area (Å²) < 4.78 is 35.0. The molecule has 0 radical (unpaired) electrons. The van der Waals surface area contributed by atoms with Crippen molar-refractivity contribution < 1.29 is 42.0 Å². The van der Waals surface area contributed by atoms with E-state index in [2.05, 4.69) is 37.0 Å². The van der Waals surface area contributed by atoms with Crippen LogP contribution in [0.5, 0.6) is 0 Å². The summed E-state index contributed by atoms with van der Waals surface area (Å²) in [7, 11) is -0.670. The highest BCUT2D eigenvalue weighted by Crippen LogP contribution is 2.46. The second kappa shape index (κ2) is 17.3. The van der Waals surface area contributed by atoms with Crippen molar-refractivity contribution in [3.8, 4) is 0 Å². The van der Waals surface area contributed by atoms with Crippen molar-refractivity contribution in [3.63, 3.8) is 0 Å². The topological polar surface area (TPSA) is 203 Å². The van der Waals surface area contributed by atoms with E-state index in [1.165, 1.54) is 13.2 Å². The second-order valence-corrected chi connectivity index (χ2v) is 20.3. The largest absolute Gasteiger partial charge is 0.467 e. The molecule has 1 aromatic heterocycles. The molecule has 328 valence electrons. The number of ether oxygens (including phenoxy) is 1. The Hall–Kier alpha value is -5.25. The zero-order valence-corrected chi connectivity index (χ0v) is 36.4. The third kappa shape index (κ3) is 9.05. The number of aryl methyl sites for hydroxylation is 1. The molecule has 4 fully saturated rings. The first-order chi connectivity index (χ1) is 29.0. The van der Waals surface area contributed by atoms with Crippen LogP contribution in [-0.2, 0) is 50.6 Å². The molecule has 0 saturated heterocycles. The Labute approximate surface area is 356 Å². The van der Waals surface area contributed by atoms with Crippen LogP contribution in [0.25, 0.3) is 21.8 Å². The van der Waals surface area contributed by atoms with E-state index in [0.29, 0.717) is 18.2 Å². The summed E-state index contributed by atoms with van der Waals surface area (Å²) in [5.74, 6) is -5.96. The van der Waals surface area contributed by atoms with E-state index < -0.39 is 91.8 Å². The van der Waals surface area contributed by atoms with Crippen molar-refractivity contribution in [1.82, 2.24) is 25.2 Å². The van der Waals surface area contributed by atoms with Crippen molar-refractivity contribution in [2.75, 3.05) is 7.11 Å². The molecule has 4 aliphatic carbocycles. The minimum absolute atomic E-state index is 0.0270. The normalized spacial score (nSPS) is 25.1. The van der Waals surface area contributed by atoms with Gasteiger partial charge in [-0.2, -0.15) is 0 Å². The lowest BCUT2D eigenvalue weighted by molar-refractivity contribution is -0.148. The number of hydrogen-bond donors (Lipinski definition) is 4. The number of esters is 1. The van der Waals surface area contributed by atoms with Gasteiger partial charge in [0.25, 0.3) is 5.91 Å². The molecule has 4 saturated carbocycles. The van der Waals surface area contributed by atoms with E-state index in [0.717, 1.165) is 53.9 Å². The molecule has 7 atom stereocenters. The number of rotatable bonds is 14. The maximum Gasteiger partial charge on any atom is 0.328 e. The van der Waals surface area contributed by atoms with Crippen molar-refractivity contribution in [2.45, 2.75) is 114 Å². The number of hydrogen-bond acceptors (Lipinski definition) is 10. The Kier molecular flexibility index (Phi) is 12.4. The van der Waals surface area contributed by atoms with Crippen LogP contribution in [0.2, 0.25) is 0 Å². The number of carbonyl (C=O) groups is 5. The molecule has 16 heteroatoms. The van der Waals surface area contributed by atoms with Gasteiger partial charge in [-0.15, -0.1) is 6.58 Å². The number of benzene rings is 2. The zero-order valence-electron chi connectivity index (χ0n) is 35.6. The summed E-state index contributed by atoms with van der Waals surface area (Å²) in [4.78, 5) is 76.1. The quantitative estimate of drug-likeness (QED) is 0.0800. The second-order valence-electron chi connectivity index (χ2n) is 18.3. The zero-order chi connectivity index (χ0) is 43.9. The number of aromatic nitrogens is 1. The Morgan fingerprint density at radius 2 is 1.48 bits per heavy atom. The molecule has 0 spiro atoms. The minimum atomic E-state index is -3.93. The number of nitrogens with zero attached hydrogens (tertiary/aromatic N) is 2. The molecular weight excluding hydrogens is 801 g/mol. The Morgan fingerprint density at radius 3 is 2.02 bits per heavy atom. The monoisotopic (exact) mass is 858 g/mol. The van der Waals surface area contributed by atoms with Gasteiger partial charge in [0.15, 0.2) is 0 Å². The first-order valence-corrected chi connectivity index (χ1v) is 22.9. The number of para-hydroxylation sites is 2. The van der Waals surface area contributed by atoms with E-state index >= 15 is 0 Å². The fraction of sp³-hybridized carbons (Fsp3) is 0.556. The van der Waals surface area contributed by atoms with Gasteiger partial charge in [-0.3, -0.25) is 23.9 Å². The van der Waals surface area contributed by atoms with Crippen molar-refractivity contribution in [3.05, 3.63) is 66.5 Å². The lowest BCUT2D eigenvalue weighted by Gasteiger charge is -2.35. The molecule has 0 aliphatic heterocycles. The number of fused-ring (bicyclic) bond motifs is 2.